The molecule has 1 aromatic carbocycles. The number of hydrogen-bond donors (Lipinski definition) is 0. The van der Waals surface area contributed by atoms with Crippen LogP contribution in [0, 0.1) is 17.0 Å². The lowest BCUT2D eigenvalue weighted by Crippen LogP contribution is -2.50. The van der Waals surface area contributed by atoms with Gasteiger partial charge in [-0.05, 0) is 25.8 Å². The second-order valence-electron chi connectivity index (χ2n) is 6.10. The molecular formula is C15H19ClN2O6S. The minimum atomic E-state index is -3.96. The standard InChI is InChI=1S/C15H19ClN2O6S/c1-10-12(16)8-11(9-14(10)18(19)20)25(21,22)17-5-3-2-4-13(17)15-23-6-7-24-15/h8-9,13,15H,2-7H2,1H3. The molecule has 2 aliphatic rings. The Labute approximate surface area is 150 Å². The molecule has 0 N–H and O–H groups in total. The van der Waals surface area contributed by atoms with Crippen molar-refractivity contribution in [1.82, 2.24) is 4.31 Å². The average Bonchev–Trinajstić information content (AvgIpc) is 3.11. The summed E-state index contributed by atoms with van der Waals surface area (Å²) < 4.78 is 38.6. The summed E-state index contributed by atoms with van der Waals surface area (Å²) in [5.74, 6) is 0. The zero-order valence-corrected chi connectivity index (χ0v) is 15.3. The lowest BCUT2D eigenvalue weighted by molar-refractivity contribution is -0.385. The Hall–Kier alpha value is -1.26. The molecule has 0 aromatic heterocycles. The van der Waals surface area contributed by atoms with Crippen LogP contribution in [0.2, 0.25) is 5.02 Å². The maximum absolute atomic E-state index is 13.1. The van der Waals surface area contributed by atoms with Crippen LogP contribution in [0.15, 0.2) is 17.0 Å². The number of rotatable bonds is 4. The first-order valence-electron chi connectivity index (χ1n) is 8.02. The number of sulfonamides is 1. The molecule has 3 rings (SSSR count). The van der Waals surface area contributed by atoms with Crippen molar-refractivity contribution in [2.24, 2.45) is 0 Å². The van der Waals surface area contributed by atoms with E-state index in [0.717, 1.165) is 12.5 Å². The van der Waals surface area contributed by atoms with E-state index in [1.165, 1.54) is 17.3 Å². The van der Waals surface area contributed by atoms with Gasteiger partial charge < -0.3 is 9.47 Å². The molecule has 0 spiro atoms. The van der Waals surface area contributed by atoms with Gasteiger partial charge in [0.05, 0.1) is 34.1 Å². The molecule has 2 saturated heterocycles. The van der Waals surface area contributed by atoms with Crippen LogP contribution in [-0.4, -0.2) is 49.7 Å². The van der Waals surface area contributed by atoms with Crippen LogP contribution in [0.3, 0.4) is 0 Å². The van der Waals surface area contributed by atoms with Gasteiger partial charge in [0.2, 0.25) is 10.0 Å². The van der Waals surface area contributed by atoms with Crippen LogP contribution < -0.4 is 0 Å². The summed E-state index contributed by atoms with van der Waals surface area (Å²) in [5.41, 5.74) is -0.0729. The Balaban J connectivity index is 2.01. The maximum Gasteiger partial charge on any atom is 0.275 e. The smallest absolute Gasteiger partial charge is 0.275 e. The van der Waals surface area contributed by atoms with E-state index in [2.05, 4.69) is 0 Å². The van der Waals surface area contributed by atoms with Gasteiger partial charge in [0.15, 0.2) is 6.29 Å². The predicted molar refractivity (Wildman–Crippen MR) is 90.1 cm³/mol. The fraction of sp³-hybridized carbons (Fsp3) is 0.600. The van der Waals surface area contributed by atoms with Crippen molar-refractivity contribution >= 4 is 27.3 Å². The Morgan fingerprint density at radius 1 is 1.28 bits per heavy atom. The molecule has 0 amide bonds. The Bertz CT molecular complexity index is 778. The minimum absolute atomic E-state index is 0.0506. The van der Waals surface area contributed by atoms with Crippen LogP contribution in [0.25, 0.3) is 0 Å². The van der Waals surface area contributed by atoms with E-state index in [-0.39, 0.29) is 21.2 Å². The molecule has 8 nitrogen and oxygen atoms in total. The minimum Gasteiger partial charge on any atom is -0.349 e. The van der Waals surface area contributed by atoms with Crippen molar-refractivity contribution in [3.05, 3.63) is 32.8 Å². The normalized spacial score (nSPS) is 23.0. The van der Waals surface area contributed by atoms with Gasteiger partial charge in [-0.15, -0.1) is 0 Å². The summed E-state index contributed by atoms with van der Waals surface area (Å²) >= 11 is 6.03. The number of nitrogens with zero attached hydrogens (tertiary/aromatic N) is 2. The third-order valence-corrected chi connectivity index (χ3v) is 6.85. The van der Waals surface area contributed by atoms with Gasteiger partial charge in [0, 0.05) is 18.2 Å². The van der Waals surface area contributed by atoms with Gasteiger partial charge in [0.25, 0.3) is 5.69 Å². The van der Waals surface area contributed by atoms with Gasteiger partial charge in [-0.25, -0.2) is 8.42 Å². The third-order valence-electron chi connectivity index (χ3n) is 4.55. The van der Waals surface area contributed by atoms with Crippen LogP contribution in [0.4, 0.5) is 5.69 Å². The van der Waals surface area contributed by atoms with Crippen molar-refractivity contribution in [2.45, 2.75) is 43.4 Å². The van der Waals surface area contributed by atoms with E-state index in [1.54, 1.807) is 0 Å². The lowest BCUT2D eigenvalue weighted by Gasteiger charge is -2.36. The number of benzene rings is 1. The average molecular weight is 391 g/mol. The van der Waals surface area contributed by atoms with Gasteiger partial charge in [-0.2, -0.15) is 4.31 Å². The van der Waals surface area contributed by atoms with E-state index in [0.29, 0.717) is 32.6 Å². The molecule has 2 fully saturated rings. The maximum atomic E-state index is 13.1. The summed E-state index contributed by atoms with van der Waals surface area (Å²) in [6.07, 6.45) is 1.59. The molecule has 0 aliphatic carbocycles. The molecule has 2 heterocycles. The quantitative estimate of drug-likeness (QED) is 0.578. The molecule has 1 atom stereocenters. The predicted octanol–water partition coefficient (Wildman–Crippen LogP) is 2.47. The Kier molecular flexibility index (Phi) is 5.31. The highest BCUT2D eigenvalue weighted by Crippen LogP contribution is 2.34. The van der Waals surface area contributed by atoms with Gasteiger partial charge in [-0.1, -0.05) is 18.0 Å². The fourth-order valence-electron chi connectivity index (χ4n) is 3.21. The monoisotopic (exact) mass is 390 g/mol. The zero-order valence-electron chi connectivity index (χ0n) is 13.7. The number of hydrogen-bond acceptors (Lipinski definition) is 6. The molecular weight excluding hydrogens is 372 g/mol. The Morgan fingerprint density at radius 2 is 1.96 bits per heavy atom. The van der Waals surface area contributed by atoms with E-state index in [1.807, 2.05) is 0 Å². The van der Waals surface area contributed by atoms with Crippen LogP contribution in [0.1, 0.15) is 24.8 Å². The van der Waals surface area contributed by atoms with Crippen molar-refractivity contribution in [1.29, 1.82) is 0 Å². The summed E-state index contributed by atoms with van der Waals surface area (Å²) in [6.45, 7) is 2.66. The molecule has 2 aliphatic heterocycles. The second kappa shape index (κ2) is 7.16. The van der Waals surface area contributed by atoms with Crippen molar-refractivity contribution in [2.75, 3.05) is 19.8 Å². The number of halogens is 1. The van der Waals surface area contributed by atoms with E-state index >= 15 is 0 Å². The number of nitro groups is 1. The highest BCUT2D eigenvalue weighted by molar-refractivity contribution is 7.89. The molecule has 1 unspecified atom stereocenters. The lowest BCUT2D eigenvalue weighted by atomic mass is 10.0. The first kappa shape index (κ1) is 18.5. The van der Waals surface area contributed by atoms with Gasteiger partial charge >= 0.3 is 0 Å². The van der Waals surface area contributed by atoms with Crippen molar-refractivity contribution < 1.29 is 22.8 Å². The molecule has 10 heteroatoms. The van der Waals surface area contributed by atoms with Crippen LogP contribution in [0.5, 0.6) is 0 Å². The van der Waals surface area contributed by atoms with E-state index in [4.69, 9.17) is 21.1 Å². The summed E-state index contributed by atoms with van der Waals surface area (Å²) in [6, 6.07) is 1.89. The second-order valence-corrected chi connectivity index (χ2v) is 8.39. The molecule has 1 aromatic rings. The van der Waals surface area contributed by atoms with Crippen LogP contribution >= 0.6 is 11.6 Å². The van der Waals surface area contributed by atoms with Gasteiger partial charge in [-0.3, -0.25) is 10.1 Å². The topological polar surface area (TPSA) is 99.0 Å². The Morgan fingerprint density at radius 3 is 2.60 bits per heavy atom. The largest absolute Gasteiger partial charge is 0.349 e. The van der Waals surface area contributed by atoms with E-state index in [9.17, 15) is 18.5 Å². The van der Waals surface area contributed by atoms with Crippen molar-refractivity contribution in [3.63, 3.8) is 0 Å². The molecule has 0 radical (unpaired) electrons. The molecule has 25 heavy (non-hydrogen) atoms. The first-order valence-corrected chi connectivity index (χ1v) is 9.84. The number of nitro benzene ring substituents is 1. The van der Waals surface area contributed by atoms with E-state index < -0.39 is 27.3 Å². The molecule has 138 valence electrons. The molecule has 0 saturated carbocycles. The number of piperidine rings is 1. The summed E-state index contributed by atoms with van der Waals surface area (Å²) in [7, 11) is -3.96. The third kappa shape index (κ3) is 3.52. The first-order chi connectivity index (χ1) is 11.8. The fourth-order valence-corrected chi connectivity index (χ4v) is 5.22. The number of ether oxygens (including phenoxy) is 2. The summed E-state index contributed by atoms with van der Waals surface area (Å²) in [4.78, 5) is 10.4. The van der Waals surface area contributed by atoms with Crippen LogP contribution in [-0.2, 0) is 19.5 Å². The van der Waals surface area contributed by atoms with Gasteiger partial charge in [0.1, 0.15) is 0 Å². The molecule has 0 bridgehead atoms. The zero-order chi connectivity index (χ0) is 18.2. The summed E-state index contributed by atoms with van der Waals surface area (Å²) in [5, 5.41) is 11.3. The highest BCUT2D eigenvalue weighted by Gasteiger charge is 2.41. The highest BCUT2D eigenvalue weighted by atomic mass is 35.5. The SMILES string of the molecule is Cc1c(Cl)cc(S(=O)(=O)N2CCCCC2C2OCCO2)cc1[N+](=O)[O-]. The van der Waals surface area contributed by atoms with Crippen molar-refractivity contribution in [3.8, 4) is 0 Å².